The lowest BCUT2D eigenvalue weighted by molar-refractivity contribution is 0.173. The van der Waals surface area contributed by atoms with Crippen LogP contribution in [0.2, 0.25) is 0 Å². The van der Waals surface area contributed by atoms with Gasteiger partial charge >= 0.3 is 7.60 Å². The minimum Gasteiger partial charge on any atom is -0.376 e. The maximum absolute atomic E-state index is 13.3. The van der Waals surface area contributed by atoms with E-state index in [1.54, 1.807) is 0 Å². The first-order valence-electron chi connectivity index (χ1n) is 4.19. The van der Waals surface area contributed by atoms with Gasteiger partial charge in [0.1, 0.15) is 5.82 Å². The quantitative estimate of drug-likeness (QED) is 0.812. The SMILES string of the molecule is COP(=O)(OC)[C@H](O)c1ccccc1F. The van der Waals surface area contributed by atoms with Gasteiger partial charge in [0, 0.05) is 19.8 Å². The molecule has 6 heteroatoms. The monoisotopic (exact) mass is 234 g/mol. The molecule has 0 bridgehead atoms. The van der Waals surface area contributed by atoms with Crippen LogP contribution in [0.5, 0.6) is 0 Å². The Bertz CT molecular complexity index is 374. The second-order valence-corrected chi connectivity index (χ2v) is 5.10. The van der Waals surface area contributed by atoms with Gasteiger partial charge in [0.25, 0.3) is 0 Å². The molecular weight excluding hydrogens is 222 g/mol. The molecule has 0 aliphatic carbocycles. The van der Waals surface area contributed by atoms with Crippen LogP contribution in [-0.4, -0.2) is 19.3 Å². The van der Waals surface area contributed by atoms with Gasteiger partial charge in [0.2, 0.25) is 0 Å². The summed E-state index contributed by atoms with van der Waals surface area (Å²) in [6, 6.07) is 5.48. The van der Waals surface area contributed by atoms with Crippen LogP contribution in [0.3, 0.4) is 0 Å². The van der Waals surface area contributed by atoms with Gasteiger partial charge in [-0.15, -0.1) is 0 Å². The van der Waals surface area contributed by atoms with Crippen LogP contribution in [-0.2, 0) is 13.6 Å². The molecule has 4 nitrogen and oxygen atoms in total. The fourth-order valence-electron chi connectivity index (χ4n) is 1.13. The Morgan fingerprint density at radius 1 is 1.33 bits per heavy atom. The summed E-state index contributed by atoms with van der Waals surface area (Å²) in [4.78, 5) is 0. The Balaban J connectivity index is 3.09. The summed E-state index contributed by atoms with van der Waals surface area (Å²) >= 11 is 0. The van der Waals surface area contributed by atoms with Crippen LogP contribution in [0, 0.1) is 5.82 Å². The number of rotatable bonds is 4. The van der Waals surface area contributed by atoms with E-state index in [4.69, 9.17) is 0 Å². The van der Waals surface area contributed by atoms with Crippen LogP contribution < -0.4 is 0 Å². The molecule has 0 amide bonds. The highest BCUT2D eigenvalue weighted by Crippen LogP contribution is 2.58. The van der Waals surface area contributed by atoms with E-state index < -0.39 is 19.3 Å². The maximum Gasteiger partial charge on any atom is 0.363 e. The summed E-state index contributed by atoms with van der Waals surface area (Å²) in [6.07, 6.45) is 0. The first-order valence-corrected chi connectivity index (χ1v) is 5.80. The molecule has 0 saturated heterocycles. The molecule has 0 radical (unpaired) electrons. The molecule has 0 unspecified atom stereocenters. The fourth-order valence-corrected chi connectivity index (χ4v) is 2.23. The number of aliphatic hydroxyl groups is 1. The average Bonchev–Trinajstić information content (AvgIpc) is 2.28. The van der Waals surface area contributed by atoms with Gasteiger partial charge in [0.05, 0.1) is 0 Å². The van der Waals surface area contributed by atoms with E-state index in [0.717, 1.165) is 20.3 Å². The van der Waals surface area contributed by atoms with E-state index in [-0.39, 0.29) is 5.56 Å². The summed E-state index contributed by atoms with van der Waals surface area (Å²) in [5.74, 6) is -2.27. The van der Waals surface area contributed by atoms with Crippen molar-refractivity contribution in [2.75, 3.05) is 14.2 Å². The molecule has 1 rings (SSSR count). The molecule has 1 aromatic carbocycles. The molecule has 15 heavy (non-hydrogen) atoms. The summed E-state index contributed by atoms with van der Waals surface area (Å²) in [5, 5.41) is 9.67. The van der Waals surface area contributed by atoms with Crippen LogP contribution in [0.4, 0.5) is 4.39 Å². The van der Waals surface area contributed by atoms with Gasteiger partial charge in [-0.05, 0) is 6.07 Å². The zero-order chi connectivity index (χ0) is 11.5. The van der Waals surface area contributed by atoms with E-state index in [2.05, 4.69) is 9.05 Å². The Labute approximate surface area is 87.2 Å². The van der Waals surface area contributed by atoms with Crippen molar-refractivity contribution in [2.24, 2.45) is 0 Å². The van der Waals surface area contributed by atoms with Gasteiger partial charge in [-0.25, -0.2) is 4.39 Å². The van der Waals surface area contributed by atoms with Gasteiger partial charge in [-0.1, -0.05) is 18.2 Å². The van der Waals surface area contributed by atoms with Crippen LogP contribution in [0.1, 0.15) is 11.4 Å². The van der Waals surface area contributed by atoms with E-state index >= 15 is 0 Å². The van der Waals surface area contributed by atoms with Gasteiger partial charge < -0.3 is 14.2 Å². The molecule has 0 saturated carbocycles. The molecule has 1 atom stereocenters. The predicted octanol–water partition coefficient (Wildman–Crippen LogP) is 2.30. The summed E-state index contributed by atoms with van der Waals surface area (Å²) in [7, 11) is -1.44. The lowest BCUT2D eigenvalue weighted by Crippen LogP contribution is -2.04. The smallest absolute Gasteiger partial charge is 0.363 e. The van der Waals surface area contributed by atoms with E-state index in [1.807, 2.05) is 0 Å². The molecule has 0 aliphatic heterocycles. The third-order valence-electron chi connectivity index (χ3n) is 1.99. The molecule has 0 fully saturated rings. The minimum absolute atomic E-state index is 0.107. The number of aliphatic hydroxyl groups excluding tert-OH is 1. The molecule has 1 aromatic rings. The highest BCUT2D eigenvalue weighted by atomic mass is 31.2. The molecule has 0 aromatic heterocycles. The van der Waals surface area contributed by atoms with Crippen molar-refractivity contribution in [3.05, 3.63) is 35.6 Å². The Kier molecular flexibility index (Phi) is 3.99. The van der Waals surface area contributed by atoms with Gasteiger partial charge in [-0.2, -0.15) is 0 Å². The van der Waals surface area contributed by atoms with Crippen molar-refractivity contribution in [3.63, 3.8) is 0 Å². The lowest BCUT2D eigenvalue weighted by Gasteiger charge is -2.20. The van der Waals surface area contributed by atoms with Crippen molar-refractivity contribution in [2.45, 2.75) is 5.85 Å². The topological polar surface area (TPSA) is 55.8 Å². The largest absolute Gasteiger partial charge is 0.376 e. The van der Waals surface area contributed by atoms with Crippen LogP contribution in [0.25, 0.3) is 0 Å². The molecule has 1 N–H and O–H groups in total. The van der Waals surface area contributed by atoms with Crippen LogP contribution >= 0.6 is 7.60 Å². The van der Waals surface area contributed by atoms with Crippen molar-refractivity contribution in [1.29, 1.82) is 0 Å². The Morgan fingerprint density at radius 3 is 2.33 bits per heavy atom. The first-order chi connectivity index (χ1) is 7.05. The summed E-state index contributed by atoms with van der Waals surface area (Å²) in [6.45, 7) is 0. The van der Waals surface area contributed by atoms with E-state index in [1.165, 1.54) is 18.2 Å². The lowest BCUT2D eigenvalue weighted by atomic mass is 10.2. The fraction of sp³-hybridized carbons (Fsp3) is 0.333. The molecule has 0 aliphatic rings. The zero-order valence-corrected chi connectivity index (χ0v) is 9.28. The van der Waals surface area contributed by atoms with Gasteiger partial charge in [0.15, 0.2) is 5.85 Å². The van der Waals surface area contributed by atoms with Gasteiger partial charge in [-0.3, -0.25) is 4.57 Å². The van der Waals surface area contributed by atoms with Crippen LogP contribution in [0.15, 0.2) is 24.3 Å². The number of hydrogen-bond donors (Lipinski definition) is 1. The third-order valence-corrected chi connectivity index (χ3v) is 3.89. The number of benzene rings is 1. The van der Waals surface area contributed by atoms with E-state index in [9.17, 15) is 14.1 Å². The van der Waals surface area contributed by atoms with Crippen molar-refractivity contribution in [3.8, 4) is 0 Å². The number of hydrogen-bond acceptors (Lipinski definition) is 4. The average molecular weight is 234 g/mol. The summed E-state index contributed by atoms with van der Waals surface area (Å²) < 4.78 is 34.1. The standard InChI is InChI=1S/C9H12FO4P/c1-13-15(12,14-2)9(11)7-5-3-4-6-8(7)10/h3-6,9,11H,1-2H3/t9-/m0/s1. The predicted molar refractivity (Wildman–Crippen MR) is 53.0 cm³/mol. The second kappa shape index (κ2) is 4.86. The number of halogens is 1. The van der Waals surface area contributed by atoms with Crippen molar-refractivity contribution < 1.29 is 23.1 Å². The van der Waals surface area contributed by atoms with E-state index in [0.29, 0.717) is 0 Å². The maximum atomic E-state index is 13.3. The highest BCUT2D eigenvalue weighted by Gasteiger charge is 2.35. The minimum atomic E-state index is -3.71. The highest BCUT2D eigenvalue weighted by molar-refractivity contribution is 7.53. The van der Waals surface area contributed by atoms with Crippen molar-refractivity contribution in [1.82, 2.24) is 0 Å². The second-order valence-electron chi connectivity index (χ2n) is 2.80. The molecule has 84 valence electrons. The normalized spacial score (nSPS) is 13.9. The molecular formula is C9H12FO4P. The van der Waals surface area contributed by atoms with Crippen molar-refractivity contribution >= 4 is 7.60 Å². The zero-order valence-electron chi connectivity index (χ0n) is 8.38. The summed E-state index contributed by atoms with van der Waals surface area (Å²) in [5.41, 5.74) is -0.107. The first kappa shape index (κ1) is 12.3. The Hall–Kier alpha value is -0.740. The molecule has 0 heterocycles. The molecule has 0 spiro atoms. The Morgan fingerprint density at radius 2 is 1.87 bits per heavy atom. The third kappa shape index (κ3) is 2.44.